The van der Waals surface area contributed by atoms with Gasteiger partial charge in [0.25, 0.3) is 11.8 Å². The maximum atomic E-state index is 13.1. The highest BCUT2D eigenvalue weighted by atomic mass is 19.4. The smallest absolute Gasteiger partial charge is 0.348 e. The summed E-state index contributed by atoms with van der Waals surface area (Å²) in [6, 6.07) is 25.7. The molecule has 7 heteroatoms. The molecule has 0 unspecified atom stereocenters. The number of alkyl halides is 3. The largest absolute Gasteiger partial charge is 0.416 e. The molecule has 0 bridgehead atoms. The first-order valence-electron chi connectivity index (χ1n) is 11.2. The predicted octanol–water partition coefficient (Wildman–Crippen LogP) is 6.86. The molecule has 0 aliphatic carbocycles. The van der Waals surface area contributed by atoms with Gasteiger partial charge in [-0.05, 0) is 60.0 Å². The summed E-state index contributed by atoms with van der Waals surface area (Å²) in [5.41, 5.74) is 3.43. The summed E-state index contributed by atoms with van der Waals surface area (Å²) < 4.78 is 38.8. The molecule has 0 radical (unpaired) electrons. The fourth-order valence-corrected chi connectivity index (χ4v) is 3.70. The number of amides is 2. The fraction of sp³-hybridized carbons (Fsp3) is 0.103. The minimum absolute atomic E-state index is 0.281. The molecule has 0 aliphatic rings. The maximum absolute atomic E-state index is 13.1. The van der Waals surface area contributed by atoms with Gasteiger partial charge in [-0.15, -0.1) is 0 Å². The minimum atomic E-state index is -4.44. The van der Waals surface area contributed by atoms with Crippen LogP contribution in [0.5, 0.6) is 0 Å². The van der Waals surface area contributed by atoms with Crippen LogP contribution < -0.4 is 10.6 Å². The zero-order chi connectivity index (χ0) is 25.7. The molecule has 0 saturated heterocycles. The molecular formula is C29H23F3N2O2. The summed E-state index contributed by atoms with van der Waals surface area (Å²) in [6.07, 6.45) is -4.44. The van der Waals surface area contributed by atoms with Crippen LogP contribution in [-0.4, -0.2) is 11.8 Å². The molecular weight excluding hydrogens is 465 g/mol. The van der Waals surface area contributed by atoms with E-state index in [9.17, 15) is 22.8 Å². The van der Waals surface area contributed by atoms with Gasteiger partial charge in [0.15, 0.2) is 0 Å². The van der Waals surface area contributed by atoms with E-state index < -0.39 is 17.6 Å². The van der Waals surface area contributed by atoms with E-state index >= 15 is 0 Å². The first kappa shape index (κ1) is 24.7. The van der Waals surface area contributed by atoms with Crippen molar-refractivity contribution in [1.82, 2.24) is 5.32 Å². The maximum Gasteiger partial charge on any atom is 0.416 e. The molecule has 0 fully saturated rings. The molecule has 36 heavy (non-hydrogen) atoms. The van der Waals surface area contributed by atoms with Crippen LogP contribution in [0, 0.1) is 6.92 Å². The number of anilines is 1. The molecule has 0 heterocycles. The van der Waals surface area contributed by atoms with Crippen LogP contribution in [0.15, 0.2) is 97.1 Å². The summed E-state index contributed by atoms with van der Waals surface area (Å²) in [4.78, 5) is 25.7. The number of aryl methyl sites for hydroxylation is 1. The predicted molar refractivity (Wildman–Crippen MR) is 134 cm³/mol. The number of carbonyl (C=O) groups is 2. The van der Waals surface area contributed by atoms with Gasteiger partial charge in [0.05, 0.1) is 5.56 Å². The Kier molecular flexibility index (Phi) is 7.20. The van der Waals surface area contributed by atoms with Crippen LogP contribution in [-0.2, 0) is 12.7 Å². The standard InChI is InChI=1S/C29H23F3N2O2/c1-19-9-11-20(12-10-19)18-33-27(35)22-5-4-6-24(17-22)34-28(36)26-8-3-2-7-25(26)21-13-15-23(16-14-21)29(30,31)32/h2-17H,18H2,1H3,(H,33,35)(H,34,36). The molecule has 0 aromatic heterocycles. The van der Waals surface area contributed by atoms with Crippen molar-refractivity contribution in [1.29, 1.82) is 0 Å². The van der Waals surface area contributed by atoms with E-state index in [1.54, 1.807) is 48.5 Å². The summed E-state index contributed by atoms with van der Waals surface area (Å²) in [5.74, 6) is -0.723. The Morgan fingerprint density at radius 1 is 0.778 bits per heavy atom. The van der Waals surface area contributed by atoms with Crippen molar-refractivity contribution in [3.63, 3.8) is 0 Å². The number of rotatable bonds is 6. The van der Waals surface area contributed by atoms with Crippen molar-refractivity contribution in [2.24, 2.45) is 0 Å². The first-order valence-corrected chi connectivity index (χ1v) is 11.2. The number of halogens is 3. The van der Waals surface area contributed by atoms with Gasteiger partial charge in [-0.3, -0.25) is 9.59 Å². The van der Waals surface area contributed by atoms with Gasteiger partial charge in [-0.1, -0.05) is 66.2 Å². The van der Waals surface area contributed by atoms with E-state index in [1.165, 1.54) is 12.1 Å². The zero-order valence-electron chi connectivity index (χ0n) is 19.4. The first-order chi connectivity index (χ1) is 17.2. The molecule has 182 valence electrons. The summed E-state index contributed by atoms with van der Waals surface area (Å²) in [7, 11) is 0. The molecule has 2 N–H and O–H groups in total. The lowest BCUT2D eigenvalue weighted by Crippen LogP contribution is -2.23. The summed E-state index contributed by atoms with van der Waals surface area (Å²) in [5, 5.41) is 5.64. The van der Waals surface area contributed by atoms with Crippen molar-refractivity contribution in [3.05, 3.63) is 125 Å². The van der Waals surface area contributed by atoms with Crippen LogP contribution in [0.25, 0.3) is 11.1 Å². The summed E-state index contributed by atoms with van der Waals surface area (Å²) >= 11 is 0. The number of hydrogen-bond donors (Lipinski definition) is 2. The Hall–Kier alpha value is -4.39. The van der Waals surface area contributed by atoms with Gasteiger partial charge in [-0.2, -0.15) is 13.2 Å². The lowest BCUT2D eigenvalue weighted by Gasteiger charge is -2.13. The quantitative estimate of drug-likeness (QED) is 0.311. The molecule has 0 spiro atoms. The van der Waals surface area contributed by atoms with E-state index in [-0.39, 0.29) is 5.91 Å². The number of carbonyl (C=O) groups excluding carboxylic acids is 2. The van der Waals surface area contributed by atoms with Crippen LogP contribution in [0.3, 0.4) is 0 Å². The third-order valence-corrected chi connectivity index (χ3v) is 5.65. The second-order valence-electron chi connectivity index (χ2n) is 8.32. The van der Waals surface area contributed by atoms with E-state index in [4.69, 9.17) is 0 Å². The molecule has 4 nitrogen and oxygen atoms in total. The number of benzene rings is 4. The molecule has 4 rings (SSSR count). The van der Waals surface area contributed by atoms with Crippen molar-refractivity contribution < 1.29 is 22.8 Å². The van der Waals surface area contributed by atoms with Crippen molar-refractivity contribution in [2.75, 3.05) is 5.32 Å². The Morgan fingerprint density at radius 3 is 2.17 bits per heavy atom. The molecule has 2 amide bonds. The van der Waals surface area contributed by atoms with E-state index in [2.05, 4.69) is 10.6 Å². The molecule has 4 aromatic rings. The normalized spacial score (nSPS) is 11.1. The Balaban J connectivity index is 1.48. The van der Waals surface area contributed by atoms with E-state index in [0.29, 0.717) is 34.5 Å². The van der Waals surface area contributed by atoms with Crippen LogP contribution in [0.2, 0.25) is 0 Å². The monoisotopic (exact) mass is 488 g/mol. The molecule has 0 aliphatic heterocycles. The van der Waals surface area contributed by atoms with Gasteiger partial charge in [0.1, 0.15) is 0 Å². The topological polar surface area (TPSA) is 58.2 Å². The third kappa shape index (κ3) is 5.99. The van der Waals surface area contributed by atoms with Crippen molar-refractivity contribution in [3.8, 4) is 11.1 Å². The highest BCUT2D eigenvalue weighted by Gasteiger charge is 2.30. The Labute approximate surface area is 206 Å². The van der Waals surface area contributed by atoms with E-state index in [0.717, 1.165) is 23.3 Å². The highest BCUT2D eigenvalue weighted by molar-refractivity contribution is 6.09. The minimum Gasteiger partial charge on any atom is -0.348 e. The van der Waals surface area contributed by atoms with Gasteiger partial charge in [0, 0.05) is 23.4 Å². The van der Waals surface area contributed by atoms with Crippen molar-refractivity contribution >= 4 is 17.5 Å². The highest BCUT2D eigenvalue weighted by Crippen LogP contribution is 2.32. The van der Waals surface area contributed by atoms with Crippen molar-refractivity contribution in [2.45, 2.75) is 19.6 Å². The van der Waals surface area contributed by atoms with Crippen LogP contribution in [0.4, 0.5) is 18.9 Å². The second-order valence-corrected chi connectivity index (χ2v) is 8.32. The van der Waals surface area contributed by atoms with Gasteiger partial charge < -0.3 is 10.6 Å². The average Bonchev–Trinajstić information content (AvgIpc) is 2.88. The fourth-order valence-electron chi connectivity index (χ4n) is 3.70. The lowest BCUT2D eigenvalue weighted by atomic mass is 9.98. The van der Waals surface area contributed by atoms with Crippen LogP contribution in [0.1, 0.15) is 37.4 Å². The Bertz CT molecular complexity index is 1380. The van der Waals surface area contributed by atoms with Crippen LogP contribution >= 0.6 is 0 Å². The van der Waals surface area contributed by atoms with Gasteiger partial charge in [-0.25, -0.2) is 0 Å². The molecule has 4 aromatic carbocycles. The number of hydrogen-bond acceptors (Lipinski definition) is 2. The lowest BCUT2D eigenvalue weighted by molar-refractivity contribution is -0.137. The SMILES string of the molecule is Cc1ccc(CNC(=O)c2cccc(NC(=O)c3ccccc3-c3ccc(C(F)(F)F)cc3)c2)cc1. The third-order valence-electron chi connectivity index (χ3n) is 5.65. The van der Waals surface area contributed by atoms with E-state index in [1.807, 2.05) is 31.2 Å². The summed E-state index contributed by atoms with van der Waals surface area (Å²) in [6.45, 7) is 2.36. The number of nitrogens with one attached hydrogen (secondary N) is 2. The zero-order valence-corrected chi connectivity index (χ0v) is 19.4. The molecule has 0 atom stereocenters. The second kappa shape index (κ2) is 10.5. The van der Waals surface area contributed by atoms with Gasteiger partial charge >= 0.3 is 6.18 Å². The van der Waals surface area contributed by atoms with Gasteiger partial charge in [0.2, 0.25) is 0 Å². The Morgan fingerprint density at radius 2 is 1.47 bits per heavy atom. The molecule has 0 saturated carbocycles. The average molecular weight is 489 g/mol.